The van der Waals surface area contributed by atoms with Crippen LogP contribution in [0.5, 0.6) is 0 Å². The van der Waals surface area contributed by atoms with Gasteiger partial charge in [-0.05, 0) is 74.1 Å². The molecule has 1 aliphatic rings. The Morgan fingerprint density at radius 1 is 1.03 bits per heavy atom. The highest BCUT2D eigenvalue weighted by molar-refractivity contribution is 7.89. The Labute approximate surface area is 194 Å². The van der Waals surface area contributed by atoms with Crippen molar-refractivity contribution in [2.24, 2.45) is 0 Å². The van der Waals surface area contributed by atoms with Crippen molar-refractivity contribution in [3.63, 3.8) is 0 Å². The van der Waals surface area contributed by atoms with Crippen LogP contribution >= 0.6 is 0 Å². The summed E-state index contributed by atoms with van der Waals surface area (Å²) < 4.78 is 32.5. The Kier molecular flexibility index (Phi) is 6.83. The third-order valence-corrected chi connectivity index (χ3v) is 7.16. The Bertz CT molecular complexity index is 1200. The molecule has 1 amide bonds. The quantitative estimate of drug-likeness (QED) is 0.553. The average Bonchev–Trinajstić information content (AvgIpc) is 3.33. The fourth-order valence-corrected chi connectivity index (χ4v) is 4.78. The van der Waals surface area contributed by atoms with Crippen molar-refractivity contribution in [2.45, 2.75) is 18.4 Å². The average molecular weight is 469 g/mol. The number of aryl methyl sites for hydroxylation is 1. The van der Waals surface area contributed by atoms with Crippen LogP contribution in [0.1, 0.15) is 21.7 Å². The normalized spacial score (nSPS) is 14.9. The molecule has 4 rings (SSSR count). The first-order valence-corrected chi connectivity index (χ1v) is 12.3. The molecule has 0 saturated carbocycles. The van der Waals surface area contributed by atoms with Crippen LogP contribution in [0.2, 0.25) is 0 Å². The number of benzene rings is 2. The number of carbonyl (C=O) groups excluding carboxylic acids is 1. The Balaban J connectivity index is 1.39. The van der Waals surface area contributed by atoms with E-state index in [1.807, 2.05) is 25.1 Å². The van der Waals surface area contributed by atoms with E-state index in [2.05, 4.69) is 26.9 Å². The van der Waals surface area contributed by atoms with Crippen molar-refractivity contribution in [1.82, 2.24) is 9.62 Å². The molecule has 0 radical (unpaired) electrons. The van der Waals surface area contributed by atoms with E-state index in [-0.39, 0.29) is 17.3 Å². The SMILES string of the molecule is Cc1cc(NC(=O)c2ccc(S(=O)(=O)NCc3ccco3)cc2)ccc1N1CCN(C)CC1. The largest absolute Gasteiger partial charge is 0.468 e. The molecule has 1 saturated heterocycles. The molecule has 33 heavy (non-hydrogen) atoms. The van der Waals surface area contributed by atoms with Crippen molar-refractivity contribution >= 4 is 27.3 Å². The summed E-state index contributed by atoms with van der Waals surface area (Å²) in [7, 11) is -1.58. The number of furan rings is 1. The van der Waals surface area contributed by atoms with Crippen LogP contribution in [0, 0.1) is 6.92 Å². The van der Waals surface area contributed by atoms with Gasteiger partial charge in [-0.3, -0.25) is 4.79 Å². The number of sulfonamides is 1. The van der Waals surface area contributed by atoms with Gasteiger partial charge >= 0.3 is 0 Å². The van der Waals surface area contributed by atoms with E-state index >= 15 is 0 Å². The highest BCUT2D eigenvalue weighted by Gasteiger charge is 2.18. The maximum atomic E-state index is 12.7. The molecular formula is C24H28N4O4S. The van der Waals surface area contributed by atoms with Gasteiger partial charge in [-0.15, -0.1) is 0 Å². The summed E-state index contributed by atoms with van der Waals surface area (Å²) in [6.45, 7) is 6.12. The molecule has 174 valence electrons. The van der Waals surface area contributed by atoms with Gasteiger partial charge in [-0.25, -0.2) is 13.1 Å². The third-order valence-electron chi connectivity index (χ3n) is 5.74. The topological polar surface area (TPSA) is 94.9 Å². The summed E-state index contributed by atoms with van der Waals surface area (Å²) in [5.74, 6) is 0.220. The van der Waals surface area contributed by atoms with E-state index in [1.165, 1.54) is 36.2 Å². The molecule has 0 bridgehead atoms. The number of nitrogens with zero attached hydrogens (tertiary/aromatic N) is 2. The van der Waals surface area contributed by atoms with E-state index in [9.17, 15) is 13.2 Å². The van der Waals surface area contributed by atoms with Crippen LogP contribution in [-0.4, -0.2) is 52.5 Å². The molecule has 0 aliphatic carbocycles. The van der Waals surface area contributed by atoms with E-state index in [0.29, 0.717) is 17.0 Å². The number of anilines is 2. The second-order valence-corrected chi connectivity index (χ2v) is 9.94. The molecule has 1 fully saturated rings. The molecule has 0 spiro atoms. The van der Waals surface area contributed by atoms with Gasteiger partial charge in [0.05, 0.1) is 17.7 Å². The number of amides is 1. The summed E-state index contributed by atoms with van der Waals surface area (Å²) in [4.78, 5) is 17.4. The maximum Gasteiger partial charge on any atom is 0.255 e. The molecule has 0 atom stereocenters. The van der Waals surface area contributed by atoms with E-state index in [4.69, 9.17) is 4.42 Å². The maximum absolute atomic E-state index is 12.7. The van der Waals surface area contributed by atoms with Gasteiger partial charge in [0, 0.05) is 43.1 Å². The van der Waals surface area contributed by atoms with Crippen LogP contribution in [0.15, 0.2) is 70.2 Å². The monoisotopic (exact) mass is 468 g/mol. The first kappa shape index (κ1) is 23.0. The minimum absolute atomic E-state index is 0.0566. The van der Waals surface area contributed by atoms with Crippen molar-refractivity contribution in [3.8, 4) is 0 Å². The molecule has 2 heterocycles. The molecule has 8 nitrogen and oxygen atoms in total. The van der Waals surface area contributed by atoms with Gasteiger partial charge < -0.3 is 19.5 Å². The molecule has 0 unspecified atom stereocenters. The molecule has 3 aromatic rings. The summed E-state index contributed by atoms with van der Waals surface area (Å²) >= 11 is 0. The van der Waals surface area contributed by atoms with Crippen molar-refractivity contribution in [2.75, 3.05) is 43.4 Å². The molecule has 1 aromatic heterocycles. The van der Waals surface area contributed by atoms with Gasteiger partial charge in [-0.2, -0.15) is 0 Å². The Morgan fingerprint density at radius 2 is 1.76 bits per heavy atom. The highest BCUT2D eigenvalue weighted by Crippen LogP contribution is 2.25. The fraction of sp³-hybridized carbons (Fsp3) is 0.292. The Morgan fingerprint density at radius 3 is 2.39 bits per heavy atom. The lowest BCUT2D eigenvalue weighted by molar-refractivity contribution is 0.102. The van der Waals surface area contributed by atoms with Gasteiger partial charge in [0.1, 0.15) is 5.76 Å². The van der Waals surface area contributed by atoms with Gasteiger partial charge in [0.25, 0.3) is 5.91 Å². The highest BCUT2D eigenvalue weighted by atomic mass is 32.2. The number of likely N-dealkylation sites (N-methyl/N-ethyl adjacent to an activating group) is 1. The minimum Gasteiger partial charge on any atom is -0.468 e. The van der Waals surface area contributed by atoms with E-state index in [0.717, 1.165) is 31.7 Å². The predicted molar refractivity (Wildman–Crippen MR) is 128 cm³/mol. The van der Waals surface area contributed by atoms with Crippen LogP contribution < -0.4 is 14.9 Å². The van der Waals surface area contributed by atoms with Crippen LogP contribution in [0.4, 0.5) is 11.4 Å². The van der Waals surface area contributed by atoms with Gasteiger partial charge in [0.15, 0.2) is 0 Å². The zero-order valence-corrected chi connectivity index (χ0v) is 19.6. The van der Waals surface area contributed by atoms with Crippen LogP contribution in [-0.2, 0) is 16.6 Å². The lowest BCUT2D eigenvalue weighted by atomic mass is 10.1. The molecule has 2 aromatic carbocycles. The number of piperazine rings is 1. The smallest absolute Gasteiger partial charge is 0.255 e. The Hall–Kier alpha value is -3.14. The number of carbonyl (C=O) groups is 1. The lowest BCUT2D eigenvalue weighted by Crippen LogP contribution is -2.44. The second-order valence-electron chi connectivity index (χ2n) is 8.17. The van der Waals surface area contributed by atoms with Crippen molar-refractivity contribution in [1.29, 1.82) is 0 Å². The molecular weight excluding hydrogens is 440 g/mol. The summed E-state index contributed by atoms with van der Waals surface area (Å²) in [5, 5.41) is 2.89. The van der Waals surface area contributed by atoms with Gasteiger partial charge in [-0.1, -0.05) is 0 Å². The molecule has 1 aliphatic heterocycles. The first-order valence-electron chi connectivity index (χ1n) is 10.8. The van der Waals surface area contributed by atoms with E-state index in [1.54, 1.807) is 12.1 Å². The van der Waals surface area contributed by atoms with E-state index < -0.39 is 10.0 Å². The first-order chi connectivity index (χ1) is 15.8. The molecule has 2 N–H and O–H groups in total. The number of hydrogen-bond acceptors (Lipinski definition) is 6. The minimum atomic E-state index is -3.71. The zero-order chi connectivity index (χ0) is 23.4. The third kappa shape index (κ3) is 5.62. The van der Waals surface area contributed by atoms with Gasteiger partial charge in [0.2, 0.25) is 10.0 Å². The number of hydrogen-bond donors (Lipinski definition) is 2. The molecule has 9 heteroatoms. The number of nitrogens with one attached hydrogen (secondary N) is 2. The lowest BCUT2D eigenvalue weighted by Gasteiger charge is -2.35. The summed E-state index contributed by atoms with van der Waals surface area (Å²) in [6, 6.07) is 15.1. The number of rotatable bonds is 7. The zero-order valence-electron chi connectivity index (χ0n) is 18.7. The standard InChI is InChI=1S/C24H28N4O4S/c1-18-16-20(7-10-23(18)28-13-11-27(2)12-14-28)26-24(29)19-5-8-22(9-6-19)33(30,31)25-17-21-4-3-15-32-21/h3-10,15-16,25H,11-14,17H2,1-2H3,(H,26,29). The van der Waals surface area contributed by atoms with Crippen LogP contribution in [0.25, 0.3) is 0 Å². The summed E-state index contributed by atoms with van der Waals surface area (Å²) in [5.41, 5.74) is 3.35. The predicted octanol–water partition coefficient (Wildman–Crippen LogP) is 3.07. The fourth-order valence-electron chi connectivity index (χ4n) is 3.79. The second kappa shape index (κ2) is 9.78. The summed E-state index contributed by atoms with van der Waals surface area (Å²) in [6.07, 6.45) is 1.48. The van der Waals surface area contributed by atoms with Crippen molar-refractivity contribution < 1.29 is 17.6 Å². The van der Waals surface area contributed by atoms with Crippen molar-refractivity contribution in [3.05, 3.63) is 77.7 Å². The van der Waals surface area contributed by atoms with Crippen LogP contribution in [0.3, 0.4) is 0 Å².